The van der Waals surface area contributed by atoms with Gasteiger partial charge in [0.05, 0.1) is 6.20 Å². The predicted octanol–water partition coefficient (Wildman–Crippen LogP) is 1.97. The molecule has 0 saturated heterocycles. The quantitative estimate of drug-likeness (QED) is 0.751. The summed E-state index contributed by atoms with van der Waals surface area (Å²) in [6, 6.07) is 6.03. The van der Waals surface area contributed by atoms with E-state index < -0.39 is 5.78 Å². The van der Waals surface area contributed by atoms with Crippen LogP contribution < -0.4 is 4.74 Å². The number of nitrogens with zero attached hydrogens (tertiary/aromatic N) is 1. The molecule has 0 atom stereocenters. The van der Waals surface area contributed by atoms with E-state index in [-0.39, 0.29) is 28.6 Å². The fourth-order valence-corrected chi connectivity index (χ4v) is 1.84. The Bertz CT molecular complexity index is 656. The number of benzene rings is 1. The molecule has 1 aliphatic rings. The van der Waals surface area contributed by atoms with Gasteiger partial charge in [-0.15, -0.1) is 0 Å². The zero-order chi connectivity index (χ0) is 12.7. The molecule has 0 saturated carbocycles. The molecule has 0 unspecified atom stereocenters. The van der Waals surface area contributed by atoms with E-state index in [0.717, 1.165) is 6.07 Å². The second kappa shape index (κ2) is 3.66. The largest absolute Gasteiger partial charge is 0.508 e. The number of allylic oxidation sites excluding steroid dienone is 1. The highest BCUT2D eigenvalue weighted by Crippen LogP contribution is 2.40. The fourth-order valence-electron chi connectivity index (χ4n) is 1.84. The monoisotopic (exact) mass is 243 g/mol. The first-order valence-electron chi connectivity index (χ1n) is 5.28. The van der Waals surface area contributed by atoms with Crippen LogP contribution in [0.3, 0.4) is 0 Å². The lowest BCUT2D eigenvalue weighted by atomic mass is 10.1. The van der Waals surface area contributed by atoms with Crippen LogP contribution in [-0.2, 0) is 0 Å². The highest BCUT2D eigenvalue weighted by molar-refractivity contribution is 6.15. The normalized spacial score (nSPS) is 15.8. The molecular formula is C13H9NO4. The molecular weight excluding hydrogens is 234 g/mol. The van der Waals surface area contributed by atoms with Crippen molar-refractivity contribution in [1.82, 2.24) is 4.57 Å². The number of rotatable bonds is 1. The van der Waals surface area contributed by atoms with Gasteiger partial charge in [0.1, 0.15) is 22.8 Å². The van der Waals surface area contributed by atoms with Crippen molar-refractivity contribution in [3.8, 4) is 17.2 Å². The van der Waals surface area contributed by atoms with Crippen molar-refractivity contribution in [1.29, 1.82) is 0 Å². The Morgan fingerprint density at radius 3 is 2.61 bits per heavy atom. The van der Waals surface area contributed by atoms with Crippen molar-refractivity contribution in [3.05, 3.63) is 48.0 Å². The molecule has 2 heterocycles. The minimum atomic E-state index is -0.406. The molecule has 90 valence electrons. The van der Waals surface area contributed by atoms with Crippen molar-refractivity contribution in [2.75, 3.05) is 0 Å². The summed E-state index contributed by atoms with van der Waals surface area (Å²) in [6.07, 6.45) is 5.02. The number of ether oxygens (including phenoxy) is 1. The summed E-state index contributed by atoms with van der Waals surface area (Å²) < 4.78 is 6.99. The van der Waals surface area contributed by atoms with Crippen LogP contribution in [-0.4, -0.2) is 20.6 Å². The van der Waals surface area contributed by atoms with Crippen LogP contribution in [0.4, 0.5) is 0 Å². The number of fused-ring (bicyclic) bond motifs is 1. The van der Waals surface area contributed by atoms with Gasteiger partial charge in [0, 0.05) is 24.5 Å². The third-order valence-corrected chi connectivity index (χ3v) is 2.63. The molecule has 5 heteroatoms. The van der Waals surface area contributed by atoms with Gasteiger partial charge in [0.25, 0.3) is 0 Å². The predicted molar refractivity (Wildman–Crippen MR) is 63.4 cm³/mol. The van der Waals surface area contributed by atoms with E-state index in [2.05, 4.69) is 0 Å². The number of carbonyl (C=O) groups is 1. The number of Topliss-reactive ketones (excluding diaryl/α,β-unsaturated/α-hetero) is 1. The molecule has 0 bridgehead atoms. The van der Waals surface area contributed by atoms with Crippen molar-refractivity contribution in [2.45, 2.75) is 0 Å². The average Bonchev–Trinajstić information content (AvgIpc) is 2.88. The van der Waals surface area contributed by atoms with E-state index in [9.17, 15) is 15.0 Å². The van der Waals surface area contributed by atoms with Crippen molar-refractivity contribution in [3.63, 3.8) is 0 Å². The summed E-state index contributed by atoms with van der Waals surface area (Å²) in [5, 5.41) is 19.0. The Labute approximate surface area is 102 Å². The summed E-state index contributed by atoms with van der Waals surface area (Å²) in [5.41, 5.74) is 0.0752. The van der Waals surface area contributed by atoms with Gasteiger partial charge in [-0.3, -0.25) is 4.79 Å². The summed E-state index contributed by atoms with van der Waals surface area (Å²) >= 11 is 0. The van der Waals surface area contributed by atoms with Crippen molar-refractivity contribution < 1.29 is 19.7 Å². The Morgan fingerprint density at radius 2 is 1.89 bits per heavy atom. The molecule has 5 nitrogen and oxygen atoms in total. The maximum Gasteiger partial charge on any atom is 0.237 e. The second-order valence-electron chi connectivity index (χ2n) is 3.89. The number of phenols is 2. The summed E-state index contributed by atoms with van der Waals surface area (Å²) in [4.78, 5) is 12.0. The standard InChI is InChI=1S/C13H9NO4/c15-8-5-9(16)12-10(6-8)18-11(13(12)17)7-14-3-1-2-4-14/h1-7,15-16H/b11-7-. The van der Waals surface area contributed by atoms with Gasteiger partial charge in [-0.1, -0.05) is 0 Å². The Morgan fingerprint density at radius 1 is 1.17 bits per heavy atom. The van der Waals surface area contributed by atoms with E-state index in [1.165, 1.54) is 12.3 Å². The lowest BCUT2D eigenvalue weighted by Gasteiger charge is -2.00. The highest BCUT2D eigenvalue weighted by atomic mass is 16.5. The Hall–Kier alpha value is -2.69. The molecule has 3 rings (SSSR count). The third kappa shape index (κ3) is 1.53. The molecule has 2 N–H and O–H groups in total. The molecule has 0 spiro atoms. The molecule has 0 fully saturated rings. The summed E-state index contributed by atoms with van der Waals surface area (Å²) in [5.74, 6) is -0.582. The molecule has 0 aliphatic carbocycles. The fraction of sp³-hybridized carbons (Fsp3) is 0. The van der Waals surface area contributed by atoms with Gasteiger partial charge < -0.3 is 19.5 Å². The highest BCUT2D eigenvalue weighted by Gasteiger charge is 2.31. The van der Waals surface area contributed by atoms with E-state index in [0.29, 0.717) is 0 Å². The molecule has 1 aliphatic heterocycles. The second-order valence-corrected chi connectivity index (χ2v) is 3.89. The van der Waals surface area contributed by atoms with E-state index >= 15 is 0 Å². The van der Waals surface area contributed by atoms with Crippen molar-refractivity contribution >= 4 is 12.0 Å². The lowest BCUT2D eigenvalue weighted by molar-refractivity contribution is 0.101. The van der Waals surface area contributed by atoms with Crippen LogP contribution >= 0.6 is 0 Å². The SMILES string of the molecule is O=C1/C(=C/n2cccc2)Oc2cc(O)cc(O)c21. The number of ketones is 1. The zero-order valence-electron chi connectivity index (χ0n) is 9.20. The van der Waals surface area contributed by atoms with Crippen LogP contribution in [0.2, 0.25) is 0 Å². The van der Waals surface area contributed by atoms with Gasteiger partial charge >= 0.3 is 0 Å². The molecule has 2 aromatic rings. The third-order valence-electron chi connectivity index (χ3n) is 2.63. The van der Waals surface area contributed by atoms with E-state index in [1.807, 2.05) is 12.1 Å². The first kappa shape index (κ1) is 10.5. The smallest absolute Gasteiger partial charge is 0.237 e. The van der Waals surface area contributed by atoms with Gasteiger partial charge in [-0.2, -0.15) is 0 Å². The minimum absolute atomic E-state index is 0.0752. The minimum Gasteiger partial charge on any atom is -0.508 e. The molecule has 0 radical (unpaired) electrons. The summed E-state index contributed by atoms with van der Waals surface area (Å²) in [6.45, 7) is 0. The van der Waals surface area contributed by atoms with Crippen LogP contribution in [0.5, 0.6) is 17.2 Å². The van der Waals surface area contributed by atoms with Gasteiger partial charge in [0.2, 0.25) is 5.78 Å². The van der Waals surface area contributed by atoms with Crippen LogP contribution in [0, 0.1) is 0 Å². The number of aromatic nitrogens is 1. The van der Waals surface area contributed by atoms with Crippen LogP contribution in [0.25, 0.3) is 6.20 Å². The number of phenolic OH excluding ortho intramolecular Hbond substituents is 2. The number of carbonyl (C=O) groups excluding carboxylic acids is 1. The first-order valence-corrected chi connectivity index (χ1v) is 5.28. The number of hydrogen-bond donors (Lipinski definition) is 2. The first-order chi connectivity index (χ1) is 8.65. The molecule has 1 aromatic heterocycles. The maximum atomic E-state index is 12.0. The molecule has 0 amide bonds. The number of hydrogen-bond acceptors (Lipinski definition) is 4. The van der Waals surface area contributed by atoms with E-state index in [1.54, 1.807) is 17.0 Å². The Kier molecular flexibility index (Phi) is 2.13. The lowest BCUT2D eigenvalue weighted by Crippen LogP contribution is -2.00. The number of aromatic hydroxyl groups is 2. The van der Waals surface area contributed by atoms with Gasteiger partial charge in [-0.05, 0) is 12.1 Å². The topological polar surface area (TPSA) is 71.7 Å². The van der Waals surface area contributed by atoms with Gasteiger partial charge in [0.15, 0.2) is 5.76 Å². The average molecular weight is 243 g/mol. The Balaban J connectivity index is 2.07. The summed E-state index contributed by atoms with van der Waals surface area (Å²) in [7, 11) is 0. The van der Waals surface area contributed by atoms with Crippen LogP contribution in [0.15, 0.2) is 42.4 Å². The maximum absolute atomic E-state index is 12.0. The van der Waals surface area contributed by atoms with Crippen LogP contribution in [0.1, 0.15) is 10.4 Å². The molecule has 18 heavy (non-hydrogen) atoms. The zero-order valence-corrected chi connectivity index (χ0v) is 9.20. The van der Waals surface area contributed by atoms with Crippen molar-refractivity contribution in [2.24, 2.45) is 0 Å². The molecule has 1 aromatic carbocycles. The van der Waals surface area contributed by atoms with E-state index in [4.69, 9.17) is 4.74 Å². The van der Waals surface area contributed by atoms with Gasteiger partial charge in [-0.25, -0.2) is 0 Å².